The Morgan fingerprint density at radius 3 is 2.50 bits per heavy atom. The van der Waals surface area contributed by atoms with Crippen LogP contribution in [0, 0.1) is 10.6 Å². The number of hydrogen-bond donors (Lipinski definition) is 1. The van der Waals surface area contributed by atoms with Crippen LogP contribution in [0.1, 0.15) is 40.5 Å². The van der Waals surface area contributed by atoms with Gasteiger partial charge in [0.1, 0.15) is 11.6 Å². The van der Waals surface area contributed by atoms with Gasteiger partial charge in [0, 0.05) is 31.6 Å². The Morgan fingerprint density at radius 1 is 1.31 bits per heavy atom. The van der Waals surface area contributed by atoms with E-state index in [9.17, 15) is 22.4 Å². The number of piperidine rings is 1. The minimum atomic E-state index is -4.84. The lowest BCUT2D eigenvalue weighted by Gasteiger charge is -2.31. The van der Waals surface area contributed by atoms with Gasteiger partial charge >= 0.3 is 6.18 Å². The van der Waals surface area contributed by atoms with E-state index in [0.717, 1.165) is 11.9 Å². The molecule has 1 fully saturated rings. The zero-order valence-corrected chi connectivity index (χ0v) is 14.6. The lowest BCUT2D eigenvalue weighted by atomic mass is 9.95. The molecule has 10 heteroatoms. The van der Waals surface area contributed by atoms with Crippen molar-refractivity contribution in [3.63, 3.8) is 0 Å². The maximum Gasteiger partial charge on any atom is 0.419 e. The largest absolute Gasteiger partial charge is 0.419 e. The van der Waals surface area contributed by atoms with Crippen LogP contribution in [-0.2, 0) is 13.2 Å². The minimum absolute atomic E-state index is 0.107. The average Bonchev–Trinajstić information content (AvgIpc) is 2.93. The molecule has 1 saturated heterocycles. The first kappa shape index (κ1) is 18.6. The summed E-state index contributed by atoms with van der Waals surface area (Å²) in [6, 6.07) is 2.33. The third-order valence-electron chi connectivity index (χ3n) is 4.58. The molecule has 0 atom stereocenters. The molecular weight excluding hydrogens is 372 g/mol. The number of likely N-dealkylation sites (tertiary alicyclic amines) is 1. The van der Waals surface area contributed by atoms with E-state index < -0.39 is 23.5 Å². The third kappa shape index (κ3) is 3.50. The number of aromatic amines is 1. The molecule has 0 saturated carbocycles. The Morgan fingerprint density at radius 2 is 1.96 bits per heavy atom. The first-order valence-corrected chi connectivity index (χ1v) is 8.36. The second kappa shape index (κ2) is 6.82. The van der Waals surface area contributed by atoms with Crippen molar-refractivity contribution in [2.75, 3.05) is 13.1 Å². The van der Waals surface area contributed by atoms with Crippen LogP contribution in [0.3, 0.4) is 0 Å². The number of H-pyrrole nitrogens is 1. The SMILES string of the molecule is Cn1c(C2CCN(C(=O)c3ccc(F)c(C(F)(F)F)c3)CC2)n[nH]c1=S. The summed E-state index contributed by atoms with van der Waals surface area (Å²) in [5.74, 6) is -1.03. The molecule has 0 bridgehead atoms. The normalized spacial score (nSPS) is 16.1. The fourth-order valence-corrected chi connectivity index (χ4v) is 3.26. The van der Waals surface area contributed by atoms with Crippen molar-refractivity contribution in [2.24, 2.45) is 7.05 Å². The Bertz CT molecular complexity index is 881. The maximum absolute atomic E-state index is 13.4. The van der Waals surface area contributed by atoms with Crippen LogP contribution in [0.5, 0.6) is 0 Å². The van der Waals surface area contributed by atoms with E-state index in [1.54, 1.807) is 11.6 Å². The predicted octanol–water partition coefficient (Wildman–Crippen LogP) is 3.66. The number of benzene rings is 1. The van der Waals surface area contributed by atoms with Gasteiger partial charge in [0.05, 0.1) is 5.56 Å². The number of alkyl halides is 3. The van der Waals surface area contributed by atoms with E-state index in [1.165, 1.54) is 4.90 Å². The highest BCUT2D eigenvalue weighted by Crippen LogP contribution is 2.33. The zero-order valence-electron chi connectivity index (χ0n) is 13.8. The van der Waals surface area contributed by atoms with Crippen molar-refractivity contribution >= 4 is 18.1 Å². The van der Waals surface area contributed by atoms with Gasteiger partial charge in [-0.15, -0.1) is 0 Å². The molecule has 5 nitrogen and oxygen atoms in total. The summed E-state index contributed by atoms with van der Waals surface area (Å²) in [6.07, 6.45) is -3.61. The number of carbonyl (C=O) groups excluding carboxylic acids is 1. The molecule has 1 N–H and O–H groups in total. The van der Waals surface area contributed by atoms with Crippen LogP contribution in [0.15, 0.2) is 18.2 Å². The lowest BCUT2D eigenvalue weighted by Crippen LogP contribution is -2.38. The molecule has 1 aromatic carbocycles. The van der Waals surface area contributed by atoms with Crippen LogP contribution >= 0.6 is 12.2 Å². The Kier molecular flexibility index (Phi) is 4.87. The molecule has 0 spiro atoms. The molecule has 0 aliphatic carbocycles. The van der Waals surface area contributed by atoms with E-state index in [-0.39, 0.29) is 11.5 Å². The number of halogens is 4. The van der Waals surface area contributed by atoms with Gasteiger partial charge in [-0.1, -0.05) is 0 Å². The average molecular weight is 388 g/mol. The molecule has 2 aromatic rings. The Hall–Kier alpha value is -2.23. The number of rotatable bonds is 2. The van der Waals surface area contributed by atoms with Crippen LogP contribution in [0.2, 0.25) is 0 Å². The van der Waals surface area contributed by atoms with Crippen molar-refractivity contribution in [2.45, 2.75) is 24.9 Å². The van der Waals surface area contributed by atoms with E-state index >= 15 is 0 Å². The first-order valence-electron chi connectivity index (χ1n) is 7.96. The Labute approximate surface area is 151 Å². The summed E-state index contributed by atoms with van der Waals surface area (Å²) in [7, 11) is 1.80. The second-order valence-corrected chi connectivity index (χ2v) is 6.59. The van der Waals surface area contributed by atoms with Gasteiger partial charge in [0.25, 0.3) is 5.91 Å². The number of carbonyl (C=O) groups is 1. The molecule has 1 amide bonds. The van der Waals surface area contributed by atoms with Gasteiger partial charge in [-0.05, 0) is 43.3 Å². The molecule has 26 heavy (non-hydrogen) atoms. The van der Waals surface area contributed by atoms with Crippen molar-refractivity contribution < 1.29 is 22.4 Å². The molecular formula is C16H16F4N4OS. The number of nitrogens with one attached hydrogen (secondary N) is 1. The molecule has 0 radical (unpaired) electrons. The summed E-state index contributed by atoms with van der Waals surface area (Å²) in [4.78, 5) is 14.0. The van der Waals surface area contributed by atoms with Gasteiger partial charge in [0.2, 0.25) is 0 Å². The molecule has 1 aliphatic heterocycles. The highest BCUT2D eigenvalue weighted by Gasteiger charge is 2.35. The van der Waals surface area contributed by atoms with Crippen LogP contribution in [0.25, 0.3) is 0 Å². The summed E-state index contributed by atoms with van der Waals surface area (Å²) in [6.45, 7) is 0.754. The molecule has 2 heterocycles. The van der Waals surface area contributed by atoms with E-state index in [1.807, 2.05) is 0 Å². The highest BCUT2D eigenvalue weighted by atomic mass is 32.1. The van der Waals surface area contributed by atoms with Crippen molar-refractivity contribution in [3.05, 3.63) is 45.7 Å². The van der Waals surface area contributed by atoms with Gasteiger partial charge in [-0.3, -0.25) is 9.89 Å². The van der Waals surface area contributed by atoms with Crippen LogP contribution < -0.4 is 0 Å². The van der Waals surface area contributed by atoms with Gasteiger partial charge in [-0.25, -0.2) is 4.39 Å². The molecule has 1 aromatic heterocycles. The van der Waals surface area contributed by atoms with E-state index in [0.29, 0.717) is 42.8 Å². The monoisotopic (exact) mass is 388 g/mol. The van der Waals surface area contributed by atoms with Gasteiger partial charge in [-0.2, -0.15) is 18.3 Å². The summed E-state index contributed by atoms with van der Waals surface area (Å²) >= 11 is 5.08. The second-order valence-electron chi connectivity index (χ2n) is 6.20. The van der Waals surface area contributed by atoms with E-state index in [2.05, 4.69) is 10.2 Å². The summed E-state index contributed by atoms with van der Waals surface area (Å²) in [5, 5.41) is 6.90. The quantitative estimate of drug-likeness (QED) is 0.631. The predicted molar refractivity (Wildman–Crippen MR) is 87.7 cm³/mol. The zero-order chi connectivity index (χ0) is 19.1. The van der Waals surface area contributed by atoms with Gasteiger partial charge < -0.3 is 9.47 Å². The summed E-state index contributed by atoms with van der Waals surface area (Å²) < 4.78 is 54.1. The standard InChI is InChI=1S/C16H16F4N4OS/c1-23-13(21-22-15(23)26)9-4-6-24(7-5-9)14(25)10-2-3-12(17)11(8-10)16(18,19)20/h2-3,8-9H,4-7H2,1H3,(H,22,26). The Balaban J connectivity index is 1.73. The summed E-state index contributed by atoms with van der Waals surface area (Å²) in [5.41, 5.74) is -1.60. The van der Waals surface area contributed by atoms with Crippen molar-refractivity contribution in [1.82, 2.24) is 19.7 Å². The highest BCUT2D eigenvalue weighted by molar-refractivity contribution is 7.71. The fraction of sp³-hybridized carbons (Fsp3) is 0.438. The lowest BCUT2D eigenvalue weighted by molar-refractivity contribution is -0.140. The van der Waals surface area contributed by atoms with Gasteiger partial charge in [0.15, 0.2) is 4.77 Å². The minimum Gasteiger partial charge on any atom is -0.339 e. The first-order chi connectivity index (χ1) is 12.2. The van der Waals surface area contributed by atoms with Crippen LogP contribution in [-0.4, -0.2) is 38.7 Å². The third-order valence-corrected chi connectivity index (χ3v) is 4.95. The van der Waals surface area contributed by atoms with Crippen LogP contribution in [0.4, 0.5) is 17.6 Å². The molecule has 140 valence electrons. The van der Waals surface area contributed by atoms with E-state index in [4.69, 9.17) is 12.2 Å². The number of hydrogen-bond acceptors (Lipinski definition) is 3. The fourth-order valence-electron chi connectivity index (χ4n) is 3.12. The molecule has 0 unspecified atom stereocenters. The number of aromatic nitrogens is 3. The van der Waals surface area contributed by atoms with Crippen molar-refractivity contribution in [1.29, 1.82) is 0 Å². The number of nitrogens with zero attached hydrogens (tertiary/aromatic N) is 3. The van der Waals surface area contributed by atoms with Crippen molar-refractivity contribution in [3.8, 4) is 0 Å². The number of amides is 1. The topological polar surface area (TPSA) is 53.9 Å². The smallest absolute Gasteiger partial charge is 0.339 e. The maximum atomic E-state index is 13.4. The molecule has 1 aliphatic rings. The molecule has 3 rings (SSSR count).